The number of hydrogen-bond acceptors (Lipinski definition) is 4. The highest BCUT2D eigenvalue weighted by molar-refractivity contribution is 6.32. The average Bonchev–Trinajstić information content (AvgIpc) is 2.64. The number of amides is 1. The van der Waals surface area contributed by atoms with Gasteiger partial charge in [0.2, 0.25) is 5.91 Å². The number of nitrogens with zero attached hydrogens (tertiary/aromatic N) is 2. The first kappa shape index (κ1) is 17.0. The molecule has 1 aromatic heterocycles. The number of rotatable bonds is 2. The third-order valence-corrected chi connectivity index (χ3v) is 5.45. The number of Topliss-reactive ketones (excluding diaryl/α,β-unsaturated/α-hetero) is 1. The van der Waals surface area contributed by atoms with Crippen molar-refractivity contribution >= 4 is 23.3 Å². The normalized spacial score (nSPS) is 18.3. The van der Waals surface area contributed by atoms with E-state index in [2.05, 4.69) is 4.98 Å². The fourth-order valence-electron chi connectivity index (χ4n) is 3.68. The van der Waals surface area contributed by atoms with Crippen molar-refractivity contribution in [3.8, 4) is 5.75 Å². The summed E-state index contributed by atoms with van der Waals surface area (Å²) in [5, 5.41) is 0.462. The molecule has 2 aliphatic heterocycles. The minimum Gasteiger partial charge on any atom is -0.484 e. The van der Waals surface area contributed by atoms with E-state index in [1.807, 2.05) is 23.1 Å². The maximum absolute atomic E-state index is 12.5. The number of hydrogen-bond donors (Lipinski definition) is 0. The van der Waals surface area contributed by atoms with Crippen LogP contribution in [-0.4, -0.2) is 40.3 Å². The van der Waals surface area contributed by atoms with Gasteiger partial charge >= 0.3 is 0 Å². The lowest BCUT2D eigenvalue weighted by Crippen LogP contribution is -2.52. The van der Waals surface area contributed by atoms with Crippen LogP contribution in [0, 0.1) is 0 Å². The van der Waals surface area contributed by atoms with E-state index in [9.17, 15) is 9.59 Å². The van der Waals surface area contributed by atoms with Crippen LogP contribution in [0.1, 0.15) is 35.3 Å². The second-order valence-electron chi connectivity index (χ2n) is 6.88. The number of para-hydroxylation sites is 1. The summed E-state index contributed by atoms with van der Waals surface area (Å²) in [5.41, 5.74) is 0.760. The predicted octanol–water partition coefficient (Wildman–Crippen LogP) is 3.30. The number of piperidine rings is 1. The van der Waals surface area contributed by atoms with Gasteiger partial charge in [-0.1, -0.05) is 23.7 Å². The Bertz CT molecular complexity index is 845. The molecule has 0 unspecified atom stereocenters. The summed E-state index contributed by atoms with van der Waals surface area (Å²) in [7, 11) is 0. The van der Waals surface area contributed by atoms with Crippen molar-refractivity contribution in [3.63, 3.8) is 0 Å². The number of carbonyl (C=O) groups is 2. The molecule has 1 aromatic carbocycles. The van der Waals surface area contributed by atoms with E-state index < -0.39 is 5.60 Å². The Kier molecular flexibility index (Phi) is 4.41. The molecule has 0 aliphatic carbocycles. The van der Waals surface area contributed by atoms with Gasteiger partial charge in [-0.25, -0.2) is 0 Å². The van der Waals surface area contributed by atoms with Crippen molar-refractivity contribution in [2.24, 2.45) is 0 Å². The minimum atomic E-state index is -0.559. The predicted molar refractivity (Wildman–Crippen MR) is 97.5 cm³/mol. The number of aromatic nitrogens is 1. The first-order valence-corrected chi connectivity index (χ1v) is 9.13. The third-order valence-electron chi connectivity index (χ3n) is 5.15. The molecule has 0 saturated carbocycles. The summed E-state index contributed by atoms with van der Waals surface area (Å²) in [5.74, 6) is 0.597. The second kappa shape index (κ2) is 6.72. The largest absolute Gasteiger partial charge is 0.484 e. The third kappa shape index (κ3) is 3.19. The highest BCUT2D eigenvalue weighted by Crippen LogP contribution is 2.42. The first-order chi connectivity index (χ1) is 12.6. The van der Waals surface area contributed by atoms with E-state index in [0.717, 1.165) is 5.69 Å². The van der Waals surface area contributed by atoms with E-state index in [-0.39, 0.29) is 11.7 Å². The molecule has 6 heteroatoms. The van der Waals surface area contributed by atoms with E-state index >= 15 is 0 Å². The van der Waals surface area contributed by atoms with Gasteiger partial charge < -0.3 is 9.64 Å². The highest BCUT2D eigenvalue weighted by Gasteiger charge is 2.44. The molecule has 1 amide bonds. The molecule has 1 fully saturated rings. The Labute approximate surface area is 156 Å². The molecule has 0 radical (unpaired) electrons. The Morgan fingerprint density at radius 1 is 1.19 bits per heavy atom. The van der Waals surface area contributed by atoms with Crippen LogP contribution in [0.2, 0.25) is 5.02 Å². The summed E-state index contributed by atoms with van der Waals surface area (Å²) in [4.78, 5) is 31.1. The van der Waals surface area contributed by atoms with E-state index in [1.165, 1.54) is 0 Å². The van der Waals surface area contributed by atoms with Gasteiger partial charge in [0.05, 0.1) is 23.4 Å². The molecule has 2 aromatic rings. The van der Waals surface area contributed by atoms with Crippen LogP contribution in [-0.2, 0) is 11.2 Å². The zero-order valence-electron chi connectivity index (χ0n) is 14.3. The van der Waals surface area contributed by atoms with Crippen LogP contribution >= 0.6 is 11.6 Å². The zero-order valence-corrected chi connectivity index (χ0v) is 15.0. The average molecular weight is 371 g/mol. The van der Waals surface area contributed by atoms with Crippen molar-refractivity contribution < 1.29 is 14.3 Å². The molecule has 3 heterocycles. The molecular formula is C20H19ClN2O3. The fraction of sp³-hybridized carbons (Fsp3) is 0.350. The van der Waals surface area contributed by atoms with Crippen LogP contribution in [0.25, 0.3) is 0 Å². The number of pyridine rings is 1. The number of ketones is 1. The standard InChI is InChI=1S/C20H19ClN2O3/c21-16-6-3-5-15-17(24)13-20(26-19(15)16)7-10-23(11-8-20)18(25)12-14-4-1-2-9-22-14/h1-6,9H,7-8,10-13H2. The van der Waals surface area contributed by atoms with Crippen LogP contribution in [0.4, 0.5) is 0 Å². The first-order valence-electron chi connectivity index (χ1n) is 8.75. The summed E-state index contributed by atoms with van der Waals surface area (Å²) in [6, 6.07) is 10.8. The van der Waals surface area contributed by atoms with E-state index in [1.54, 1.807) is 24.4 Å². The molecule has 1 spiro atoms. The molecule has 4 rings (SSSR count). The SMILES string of the molecule is O=C1CC2(CCN(C(=O)Cc3ccccn3)CC2)Oc2c(Cl)cccc21. The fourth-order valence-corrected chi connectivity index (χ4v) is 3.90. The summed E-state index contributed by atoms with van der Waals surface area (Å²) >= 11 is 6.23. The van der Waals surface area contributed by atoms with Crippen molar-refractivity contribution in [3.05, 3.63) is 58.9 Å². The quantitative estimate of drug-likeness (QED) is 0.813. The van der Waals surface area contributed by atoms with Gasteiger partial charge in [-0.15, -0.1) is 0 Å². The highest BCUT2D eigenvalue weighted by atomic mass is 35.5. The molecular weight excluding hydrogens is 352 g/mol. The van der Waals surface area contributed by atoms with Gasteiger partial charge in [-0.2, -0.15) is 0 Å². The van der Waals surface area contributed by atoms with Gasteiger partial charge in [-0.3, -0.25) is 14.6 Å². The smallest absolute Gasteiger partial charge is 0.228 e. The van der Waals surface area contributed by atoms with E-state index in [4.69, 9.17) is 16.3 Å². The Balaban J connectivity index is 1.44. The van der Waals surface area contributed by atoms with Gasteiger partial charge in [0.25, 0.3) is 0 Å². The molecule has 134 valence electrons. The topological polar surface area (TPSA) is 59.5 Å². The van der Waals surface area contributed by atoms with Crippen LogP contribution in [0.5, 0.6) is 5.75 Å². The molecule has 2 aliphatic rings. The Morgan fingerprint density at radius 3 is 2.73 bits per heavy atom. The minimum absolute atomic E-state index is 0.0547. The van der Waals surface area contributed by atoms with Gasteiger partial charge in [0, 0.05) is 37.8 Å². The number of fused-ring (bicyclic) bond motifs is 1. The summed E-state index contributed by atoms with van der Waals surface area (Å²) < 4.78 is 6.20. The molecule has 0 bridgehead atoms. The maximum Gasteiger partial charge on any atom is 0.228 e. The summed E-state index contributed by atoms with van der Waals surface area (Å²) in [6.45, 7) is 1.14. The Morgan fingerprint density at radius 2 is 2.00 bits per heavy atom. The van der Waals surface area contributed by atoms with Crippen LogP contribution < -0.4 is 4.74 Å². The van der Waals surface area contributed by atoms with Crippen LogP contribution in [0.15, 0.2) is 42.6 Å². The molecule has 0 atom stereocenters. The van der Waals surface area contributed by atoms with Crippen molar-refractivity contribution in [1.29, 1.82) is 0 Å². The molecule has 26 heavy (non-hydrogen) atoms. The monoisotopic (exact) mass is 370 g/mol. The van der Waals surface area contributed by atoms with Crippen molar-refractivity contribution in [2.45, 2.75) is 31.3 Å². The Hall–Kier alpha value is -2.40. The molecule has 5 nitrogen and oxygen atoms in total. The van der Waals surface area contributed by atoms with Gasteiger partial charge in [-0.05, 0) is 24.3 Å². The van der Waals surface area contributed by atoms with Gasteiger partial charge in [0.15, 0.2) is 5.78 Å². The molecule has 0 N–H and O–H groups in total. The zero-order chi connectivity index (χ0) is 18.1. The second-order valence-corrected chi connectivity index (χ2v) is 7.29. The number of ether oxygens (including phenoxy) is 1. The number of halogens is 1. The van der Waals surface area contributed by atoms with Crippen molar-refractivity contribution in [1.82, 2.24) is 9.88 Å². The molecule has 1 saturated heterocycles. The van der Waals surface area contributed by atoms with Crippen molar-refractivity contribution in [2.75, 3.05) is 13.1 Å². The summed E-state index contributed by atoms with van der Waals surface area (Å²) in [6.07, 6.45) is 3.57. The van der Waals surface area contributed by atoms with E-state index in [0.29, 0.717) is 55.1 Å². The van der Waals surface area contributed by atoms with Crippen LogP contribution in [0.3, 0.4) is 0 Å². The lowest BCUT2D eigenvalue weighted by molar-refractivity contribution is -0.134. The van der Waals surface area contributed by atoms with Gasteiger partial charge in [0.1, 0.15) is 11.4 Å². The number of carbonyl (C=O) groups excluding carboxylic acids is 2. The maximum atomic E-state index is 12.5. The number of benzene rings is 1. The lowest BCUT2D eigenvalue weighted by atomic mass is 9.82. The number of likely N-dealkylation sites (tertiary alicyclic amines) is 1. The lowest BCUT2D eigenvalue weighted by Gasteiger charge is -2.44.